The number of hydrogen-bond donors (Lipinski definition) is 0. The van der Waals surface area contributed by atoms with Crippen LogP contribution in [-0.4, -0.2) is 16.5 Å². The van der Waals surface area contributed by atoms with E-state index in [1.165, 1.54) is 11.1 Å². The fraction of sp³-hybridized carbons (Fsp3) is 0.312. The highest BCUT2D eigenvalue weighted by Crippen LogP contribution is 2.23. The van der Waals surface area contributed by atoms with Crippen LogP contribution in [0.1, 0.15) is 29.6 Å². The molecular formula is C16H16N4. The van der Waals surface area contributed by atoms with Crippen molar-refractivity contribution < 1.29 is 0 Å². The molecule has 0 spiro atoms. The van der Waals surface area contributed by atoms with Crippen molar-refractivity contribution in [3.8, 4) is 6.07 Å². The Labute approximate surface area is 118 Å². The molecule has 3 rings (SSSR count). The second-order valence-electron chi connectivity index (χ2n) is 4.93. The minimum atomic E-state index is 0.450. The van der Waals surface area contributed by atoms with Gasteiger partial charge in [-0.25, -0.2) is 9.97 Å². The van der Waals surface area contributed by atoms with E-state index in [9.17, 15) is 0 Å². The van der Waals surface area contributed by atoms with Crippen LogP contribution < -0.4 is 4.90 Å². The second kappa shape index (κ2) is 5.30. The third-order valence-electron chi connectivity index (χ3n) is 3.64. The van der Waals surface area contributed by atoms with Crippen LogP contribution in [0.15, 0.2) is 30.3 Å². The molecule has 0 atom stereocenters. The van der Waals surface area contributed by atoms with Crippen molar-refractivity contribution in [1.82, 2.24) is 9.97 Å². The first kappa shape index (κ1) is 12.6. The predicted molar refractivity (Wildman–Crippen MR) is 77.3 cm³/mol. The molecule has 4 nitrogen and oxygen atoms in total. The van der Waals surface area contributed by atoms with Gasteiger partial charge in [0.15, 0.2) is 0 Å². The lowest BCUT2D eigenvalue weighted by atomic mass is 10.00. The third kappa shape index (κ3) is 2.35. The minimum absolute atomic E-state index is 0.450. The molecule has 1 aliphatic rings. The largest absolute Gasteiger partial charge is 0.352 e. The molecule has 1 aliphatic heterocycles. The van der Waals surface area contributed by atoms with Gasteiger partial charge in [-0.3, -0.25) is 0 Å². The Morgan fingerprint density at radius 3 is 2.80 bits per heavy atom. The highest BCUT2D eigenvalue weighted by Gasteiger charge is 2.18. The van der Waals surface area contributed by atoms with Crippen molar-refractivity contribution in [1.29, 1.82) is 5.26 Å². The number of hydrogen-bond acceptors (Lipinski definition) is 4. The Balaban J connectivity index is 1.93. The molecule has 0 N–H and O–H groups in total. The average molecular weight is 264 g/mol. The molecule has 1 aromatic heterocycles. The van der Waals surface area contributed by atoms with Crippen LogP contribution in [-0.2, 0) is 19.4 Å². The van der Waals surface area contributed by atoms with E-state index in [4.69, 9.17) is 5.26 Å². The van der Waals surface area contributed by atoms with Crippen molar-refractivity contribution in [3.63, 3.8) is 0 Å². The van der Waals surface area contributed by atoms with Gasteiger partial charge in [-0.1, -0.05) is 31.2 Å². The van der Waals surface area contributed by atoms with Crippen molar-refractivity contribution in [2.45, 2.75) is 26.3 Å². The van der Waals surface area contributed by atoms with E-state index in [0.717, 1.165) is 37.6 Å². The number of anilines is 1. The minimum Gasteiger partial charge on any atom is -0.352 e. The fourth-order valence-corrected chi connectivity index (χ4v) is 2.55. The van der Waals surface area contributed by atoms with Gasteiger partial charge in [0, 0.05) is 25.6 Å². The van der Waals surface area contributed by atoms with Gasteiger partial charge in [0.25, 0.3) is 0 Å². The van der Waals surface area contributed by atoms with Crippen LogP contribution in [0.3, 0.4) is 0 Å². The maximum absolute atomic E-state index is 9.08. The quantitative estimate of drug-likeness (QED) is 0.836. The molecule has 1 aromatic carbocycles. The van der Waals surface area contributed by atoms with Crippen LogP contribution in [0.2, 0.25) is 0 Å². The number of fused-ring (bicyclic) bond motifs is 1. The van der Waals surface area contributed by atoms with Crippen molar-refractivity contribution in [2.24, 2.45) is 0 Å². The molecule has 0 bridgehead atoms. The second-order valence-corrected chi connectivity index (χ2v) is 4.93. The Bertz CT molecular complexity index is 672. The highest BCUT2D eigenvalue weighted by atomic mass is 15.2. The molecule has 2 aromatic rings. The number of nitriles is 1. The Hall–Kier alpha value is -2.41. The van der Waals surface area contributed by atoms with Gasteiger partial charge in [-0.2, -0.15) is 5.26 Å². The van der Waals surface area contributed by atoms with E-state index >= 15 is 0 Å². The molecule has 0 fully saturated rings. The molecular weight excluding hydrogens is 248 g/mol. The van der Waals surface area contributed by atoms with Gasteiger partial charge in [0.2, 0.25) is 0 Å². The van der Waals surface area contributed by atoms with E-state index in [0.29, 0.717) is 5.69 Å². The summed E-state index contributed by atoms with van der Waals surface area (Å²) < 4.78 is 0. The zero-order valence-corrected chi connectivity index (χ0v) is 11.5. The summed E-state index contributed by atoms with van der Waals surface area (Å²) in [5.74, 6) is 1.60. The van der Waals surface area contributed by atoms with Crippen molar-refractivity contribution >= 4 is 5.82 Å². The van der Waals surface area contributed by atoms with Crippen LogP contribution in [0.25, 0.3) is 0 Å². The van der Waals surface area contributed by atoms with Crippen LogP contribution in [0, 0.1) is 11.3 Å². The van der Waals surface area contributed by atoms with Crippen LogP contribution in [0.5, 0.6) is 0 Å². The van der Waals surface area contributed by atoms with Gasteiger partial charge in [-0.15, -0.1) is 0 Å². The van der Waals surface area contributed by atoms with Crippen molar-refractivity contribution in [2.75, 3.05) is 11.4 Å². The number of aromatic nitrogens is 2. The Morgan fingerprint density at radius 2 is 2.05 bits per heavy atom. The van der Waals surface area contributed by atoms with Gasteiger partial charge < -0.3 is 4.90 Å². The van der Waals surface area contributed by atoms with Gasteiger partial charge in [0.05, 0.1) is 0 Å². The summed E-state index contributed by atoms with van der Waals surface area (Å²) in [4.78, 5) is 11.0. The summed E-state index contributed by atoms with van der Waals surface area (Å²) >= 11 is 0. The zero-order valence-electron chi connectivity index (χ0n) is 11.5. The van der Waals surface area contributed by atoms with E-state index in [2.05, 4.69) is 45.2 Å². The third-order valence-corrected chi connectivity index (χ3v) is 3.64. The molecule has 0 unspecified atom stereocenters. The number of nitrogens with zero attached hydrogens (tertiary/aromatic N) is 4. The number of aryl methyl sites for hydroxylation is 1. The summed E-state index contributed by atoms with van der Waals surface area (Å²) in [6.07, 6.45) is 1.76. The Morgan fingerprint density at radius 1 is 1.25 bits per heavy atom. The molecule has 0 saturated carbocycles. The lowest BCUT2D eigenvalue weighted by molar-refractivity contribution is 0.714. The normalized spacial score (nSPS) is 13.7. The first-order valence-electron chi connectivity index (χ1n) is 6.90. The summed E-state index contributed by atoms with van der Waals surface area (Å²) in [5.41, 5.74) is 3.20. The highest BCUT2D eigenvalue weighted by molar-refractivity contribution is 5.46. The summed E-state index contributed by atoms with van der Waals surface area (Å²) in [6.45, 7) is 3.79. The smallest absolute Gasteiger partial charge is 0.146 e. The zero-order chi connectivity index (χ0) is 13.9. The maximum atomic E-state index is 9.08. The predicted octanol–water partition coefficient (Wildman–Crippen LogP) is 2.47. The molecule has 100 valence electrons. The Kier molecular flexibility index (Phi) is 3.34. The monoisotopic (exact) mass is 264 g/mol. The van der Waals surface area contributed by atoms with Gasteiger partial charge in [-0.05, 0) is 17.5 Å². The van der Waals surface area contributed by atoms with Gasteiger partial charge in [0.1, 0.15) is 23.4 Å². The molecule has 2 heterocycles. The SMILES string of the molecule is CCc1nc(C#N)cc(N2CCc3ccccc3C2)n1. The molecule has 4 heteroatoms. The summed E-state index contributed by atoms with van der Waals surface area (Å²) in [7, 11) is 0. The van der Waals surface area contributed by atoms with E-state index < -0.39 is 0 Å². The van der Waals surface area contributed by atoms with E-state index in [1.807, 2.05) is 6.92 Å². The summed E-state index contributed by atoms with van der Waals surface area (Å²) in [6, 6.07) is 12.4. The average Bonchev–Trinajstić information content (AvgIpc) is 2.53. The number of rotatable bonds is 2. The molecule has 0 aliphatic carbocycles. The molecule has 0 saturated heterocycles. The first-order valence-corrected chi connectivity index (χ1v) is 6.90. The van der Waals surface area contributed by atoms with Crippen LogP contribution >= 0.6 is 0 Å². The first-order chi connectivity index (χ1) is 9.80. The molecule has 0 amide bonds. The number of benzene rings is 1. The summed E-state index contributed by atoms with van der Waals surface area (Å²) in [5, 5.41) is 9.08. The fourth-order valence-electron chi connectivity index (χ4n) is 2.55. The standard InChI is InChI=1S/C16H16N4/c1-2-15-18-14(10-17)9-16(19-15)20-8-7-12-5-3-4-6-13(12)11-20/h3-6,9H,2,7-8,11H2,1H3. The van der Waals surface area contributed by atoms with Crippen LogP contribution in [0.4, 0.5) is 5.82 Å². The molecule has 0 radical (unpaired) electrons. The van der Waals surface area contributed by atoms with Crippen molar-refractivity contribution in [3.05, 3.63) is 53.0 Å². The van der Waals surface area contributed by atoms with E-state index in [1.54, 1.807) is 6.07 Å². The van der Waals surface area contributed by atoms with Gasteiger partial charge >= 0.3 is 0 Å². The maximum Gasteiger partial charge on any atom is 0.146 e. The molecule has 20 heavy (non-hydrogen) atoms. The lowest BCUT2D eigenvalue weighted by Crippen LogP contribution is -2.31. The van der Waals surface area contributed by atoms with E-state index in [-0.39, 0.29) is 0 Å². The lowest BCUT2D eigenvalue weighted by Gasteiger charge is -2.30. The topological polar surface area (TPSA) is 52.8 Å².